The van der Waals surface area contributed by atoms with E-state index in [4.69, 9.17) is 0 Å². The maximum atomic E-state index is 11.2. The predicted molar refractivity (Wildman–Crippen MR) is 69.7 cm³/mol. The molecule has 1 aromatic carbocycles. The monoisotopic (exact) mass is 280 g/mol. The molecule has 1 atom stereocenters. The molecule has 0 spiro atoms. The van der Waals surface area contributed by atoms with E-state index in [0.29, 0.717) is 5.92 Å². The second-order valence-corrected chi connectivity index (χ2v) is 6.14. The number of rotatable bonds is 2. The third-order valence-electron chi connectivity index (χ3n) is 3.62. The van der Waals surface area contributed by atoms with Gasteiger partial charge in [-0.2, -0.15) is 0 Å². The van der Waals surface area contributed by atoms with Gasteiger partial charge in [0.25, 0.3) is 0 Å². The van der Waals surface area contributed by atoms with Gasteiger partial charge in [0, 0.05) is 9.89 Å². The molecule has 1 nitrogen and oxygen atoms in total. The molecule has 16 heavy (non-hydrogen) atoms. The third-order valence-corrected chi connectivity index (χ3v) is 4.11. The van der Waals surface area contributed by atoms with Crippen LogP contribution in [0.1, 0.15) is 43.7 Å². The van der Waals surface area contributed by atoms with E-state index in [9.17, 15) is 4.79 Å². The number of aryl methyl sites for hydroxylation is 1. The Bertz CT molecular complexity index is 409. The molecular weight excluding hydrogens is 264 g/mol. The Kier molecular flexibility index (Phi) is 3.20. The van der Waals surface area contributed by atoms with Gasteiger partial charge < -0.3 is 4.79 Å². The van der Waals surface area contributed by atoms with E-state index < -0.39 is 0 Å². The molecule has 0 radical (unpaired) electrons. The summed E-state index contributed by atoms with van der Waals surface area (Å²) in [5, 5.41) is 0. The van der Waals surface area contributed by atoms with Gasteiger partial charge in [-0.05, 0) is 48.4 Å². The van der Waals surface area contributed by atoms with Crippen molar-refractivity contribution in [1.82, 2.24) is 0 Å². The summed E-state index contributed by atoms with van der Waals surface area (Å²) in [5.41, 5.74) is 2.52. The Morgan fingerprint density at radius 3 is 2.88 bits per heavy atom. The number of fused-ring (bicyclic) bond motifs is 1. The molecule has 0 fully saturated rings. The van der Waals surface area contributed by atoms with Gasteiger partial charge in [-0.3, -0.25) is 0 Å². The molecule has 2 heteroatoms. The van der Waals surface area contributed by atoms with E-state index in [1.165, 1.54) is 17.5 Å². The Balaban J connectivity index is 2.44. The van der Waals surface area contributed by atoms with Crippen molar-refractivity contribution in [2.24, 2.45) is 5.41 Å². The predicted octanol–water partition coefficient (Wildman–Crippen LogP) is 4.09. The van der Waals surface area contributed by atoms with E-state index in [-0.39, 0.29) is 5.41 Å². The SMILES string of the molecule is CC(C)(C=O)C1CCCc2cc(Br)ccc21. The van der Waals surface area contributed by atoms with Gasteiger partial charge >= 0.3 is 0 Å². The molecule has 0 saturated heterocycles. The number of halogens is 1. The minimum atomic E-state index is -0.247. The number of carbonyl (C=O) groups excluding carboxylic acids is 1. The molecule has 0 N–H and O–H groups in total. The average Bonchev–Trinajstić information content (AvgIpc) is 2.27. The van der Waals surface area contributed by atoms with E-state index in [0.717, 1.165) is 23.6 Å². The van der Waals surface area contributed by atoms with Gasteiger partial charge in [0.15, 0.2) is 0 Å². The van der Waals surface area contributed by atoms with Crippen LogP contribution in [-0.4, -0.2) is 6.29 Å². The fraction of sp³-hybridized carbons (Fsp3) is 0.500. The number of hydrogen-bond acceptors (Lipinski definition) is 1. The van der Waals surface area contributed by atoms with Crippen molar-refractivity contribution < 1.29 is 4.79 Å². The molecule has 0 aromatic heterocycles. The molecular formula is C14H17BrO. The highest BCUT2D eigenvalue weighted by Crippen LogP contribution is 2.43. The van der Waals surface area contributed by atoms with E-state index in [1.807, 2.05) is 13.8 Å². The van der Waals surface area contributed by atoms with E-state index in [1.54, 1.807) is 0 Å². The Morgan fingerprint density at radius 1 is 1.44 bits per heavy atom. The molecule has 0 saturated carbocycles. The second kappa shape index (κ2) is 4.33. The normalized spacial score (nSPS) is 20.3. The van der Waals surface area contributed by atoms with Crippen LogP contribution in [0.15, 0.2) is 22.7 Å². The second-order valence-electron chi connectivity index (χ2n) is 5.23. The third kappa shape index (κ3) is 2.08. The van der Waals surface area contributed by atoms with Crippen molar-refractivity contribution in [3.05, 3.63) is 33.8 Å². The summed E-state index contributed by atoms with van der Waals surface area (Å²) in [7, 11) is 0. The highest BCUT2D eigenvalue weighted by molar-refractivity contribution is 9.10. The number of aldehydes is 1. The fourth-order valence-electron chi connectivity index (χ4n) is 2.64. The minimum Gasteiger partial charge on any atom is -0.303 e. The zero-order valence-electron chi connectivity index (χ0n) is 9.79. The van der Waals surface area contributed by atoms with Gasteiger partial charge in [0.2, 0.25) is 0 Å². The standard InChI is InChI=1S/C14H17BrO/c1-14(2,9-16)13-5-3-4-10-8-11(15)6-7-12(10)13/h6-9,13H,3-5H2,1-2H3. The summed E-state index contributed by atoms with van der Waals surface area (Å²) >= 11 is 3.51. The first-order valence-electron chi connectivity index (χ1n) is 5.79. The molecule has 1 aromatic rings. The van der Waals surface area contributed by atoms with Crippen LogP contribution in [0.2, 0.25) is 0 Å². The Morgan fingerprint density at radius 2 is 2.19 bits per heavy atom. The van der Waals surface area contributed by atoms with Crippen LogP contribution in [0.4, 0.5) is 0 Å². The lowest BCUT2D eigenvalue weighted by Gasteiger charge is -2.34. The van der Waals surface area contributed by atoms with Gasteiger partial charge in [-0.25, -0.2) is 0 Å². The zero-order chi connectivity index (χ0) is 11.8. The highest BCUT2D eigenvalue weighted by atomic mass is 79.9. The molecule has 86 valence electrons. The van der Waals surface area contributed by atoms with Crippen LogP contribution in [0.25, 0.3) is 0 Å². The summed E-state index contributed by atoms with van der Waals surface area (Å²) in [4.78, 5) is 11.2. The maximum Gasteiger partial charge on any atom is 0.126 e. The van der Waals surface area contributed by atoms with E-state index >= 15 is 0 Å². The van der Waals surface area contributed by atoms with Crippen LogP contribution in [0.3, 0.4) is 0 Å². The van der Waals surface area contributed by atoms with Crippen LogP contribution in [-0.2, 0) is 11.2 Å². The molecule has 0 bridgehead atoms. The van der Waals surface area contributed by atoms with Crippen molar-refractivity contribution in [2.45, 2.75) is 39.0 Å². The van der Waals surface area contributed by atoms with Crippen molar-refractivity contribution in [3.63, 3.8) is 0 Å². The van der Waals surface area contributed by atoms with Crippen molar-refractivity contribution in [1.29, 1.82) is 0 Å². The molecule has 2 rings (SSSR count). The first kappa shape index (κ1) is 11.8. The number of hydrogen-bond donors (Lipinski definition) is 0. The number of carbonyl (C=O) groups is 1. The van der Waals surface area contributed by atoms with Gasteiger partial charge in [-0.1, -0.05) is 35.8 Å². The smallest absolute Gasteiger partial charge is 0.126 e. The van der Waals surface area contributed by atoms with Crippen LogP contribution >= 0.6 is 15.9 Å². The van der Waals surface area contributed by atoms with Gasteiger partial charge in [0.05, 0.1) is 0 Å². The van der Waals surface area contributed by atoms with E-state index in [2.05, 4.69) is 34.1 Å². The lowest BCUT2D eigenvalue weighted by Crippen LogP contribution is -2.27. The zero-order valence-corrected chi connectivity index (χ0v) is 11.4. The summed E-state index contributed by atoms with van der Waals surface area (Å²) in [6, 6.07) is 6.45. The van der Waals surface area contributed by atoms with Crippen LogP contribution in [0.5, 0.6) is 0 Å². The van der Waals surface area contributed by atoms with Crippen molar-refractivity contribution >= 4 is 22.2 Å². The first-order valence-corrected chi connectivity index (χ1v) is 6.58. The van der Waals surface area contributed by atoms with Crippen molar-refractivity contribution in [3.8, 4) is 0 Å². The fourth-order valence-corrected chi connectivity index (χ4v) is 3.05. The quantitative estimate of drug-likeness (QED) is 0.746. The average molecular weight is 281 g/mol. The van der Waals surface area contributed by atoms with Crippen molar-refractivity contribution in [2.75, 3.05) is 0 Å². The molecule has 0 amide bonds. The molecule has 0 aliphatic heterocycles. The van der Waals surface area contributed by atoms with Crippen LogP contribution in [0, 0.1) is 5.41 Å². The first-order chi connectivity index (χ1) is 7.54. The molecule has 1 unspecified atom stereocenters. The summed E-state index contributed by atoms with van der Waals surface area (Å²) in [5.74, 6) is 0.377. The summed E-state index contributed by atoms with van der Waals surface area (Å²) < 4.78 is 1.14. The highest BCUT2D eigenvalue weighted by Gasteiger charge is 2.33. The lowest BCUT2D eigenvalue weighted by molar-refractivity contribution is -0.115. The molecule has 0 heterocycles. The Hall–Kier alpha value is -0.630. The Labute approximate surface area is 105 Å². The maximum absolute atomic E-state index is 11.2. The largest absolute Gasteiger partial charge is 0.303 e. The van der Waals surface area contributed by atoms with Gasteiger partial charge in [-0.15, -0.1) is 0 Å². The number of benzene rings is 1. The minimum absolute atomic E-state index is 0.247. The van der Waals surface area contributed by atoms with Gasteiger partial charge in [0.1, 0.15) is 6.29 Å². The molecule has 1 aliphatic rings. The topological polar surface area (TPSA) is 17.1 Å². The summed E-state index contributed by atoms with van der Waals surface area (Å²) in [6.45, 7) is 4.09. The van der Waals surface area contributed by atoms with Crippen LogP contribution < -0.4 is 0 Å². The summed E-state index contributed by atoms with van der Waals surface area (Å²) in [6.07, 6.45) is 4.56. The molecule has 1 aliphatic carbocycles. The lowest BCUT2D eigenvalue weighted by atomic mass is 9.69.